The van der Waals surface area contributed by atoms with Crippen LogP contribution in [0.1, 0.15) is 117 Å². The van der Waals surface area contributed by atoms with Crippen LogP contribution in [0.15, 0.2) is 48.1 Å². The second-order valence-electron chi connectivity index (χ2n) is 12.9. The monoisotopic (exact) mass is 550 g/mol. The lowest BCUT2D eigenvalue weighted by Gasteiger charge is -2.47. The molecule has 0 saturated heterocycles. The summed E-state index contributed by atoms with van der Waals surface area (Å²) < 4.78 is 69.4. The number of allylic oxidation sites excluding steroid dienone is 4. The molecule has 0 aromatic rings. The second-order valence-corrected chi connectivity index (χ2v) is 12.9. The molecule has 220 valence electrons. The minimum atomic E-state index is -2.05. The Hall–Kier alpha value is -1.36. The summed E-state index contributed by atoms with van der Waals surface area (Å²) in [5.74, 6) is -2.12. The van der Waals surface area contributed by atoms with E-state index in [1.165, 1.54) is 24.3 Å². The van der Waals surface area contributed by atoms with Gasteiger partial charge in [-0.05, 0) is 62.8 Å². The highest BCUT2D eigenvalue weighted by Gasteiger charge is 2.55. The Bertz CT molecular complexity index is 849. The zero-order valence-corrected chi connectivity index (χ0v) is 24.3. The second kappa shape index (κ2) is 13.1. The SMILES string of the molecule is CCCCC1([C@@]2(F)C=C[C@@H](COC[C@@H]3C=C[C@](F)(C4(CCCC)CCCCC4)C(F)=C3)C=C2F)CCCCC1. The van der Waals surface area contributed by atoms with Crippen LogP contribution in [0.2, 0.25) is 0 Å². The van der Waals surface area contributed by atoms with Crippen molar-refractivity contribution in [3.8, 4) is 0 Å². The van der Waals surface area contributed by atoms with Gasteiger partial charge in [0.05, 0.1) is 13.2 Å². The van der Waals surface area contributed by atoms with Crippen molar-refractivity contribution in [1.82, 2.24) is 0 Å². The van der Waals surface area contributed by atoms with Crippen LogP contribution in [-0.2, 0) is 4.74 Å². The molecule has 4 aliphatic carbocycles. The third kappa shape index (κ3) is 6.14. The Kier molecular flexibility index (Phi) is 10.3. The molecule has 4 aliphatic rings. The van der Waals surface area contributed by atoms with Crippen molar-refractivity contribution in [2.75, 3.05) is 13.2 Å². The Morgan fingerprint density at radius 3 is 1.38 bits per heavy atom. The molecule has 39 heavy (non-hydrogen) atoms. The average Bonchev–Trinajstić information content (AvgIpc) is 2.95. The van der Waals surface area contributed by atoms with Crippen LogP contribution in [0.3, 0.4) is 0 Å². The van der Waals surface area contributed by atoms with E-state index in [0.29, 0.717) is 12.8 Å². The van der Waals surface area contributed by atoms with E-state index >= 15 is 17.6 Å². The van der Waals surface area contributed by atoms with Crippen molar-refractivity contribution in [3.05, 3.63) is 48.1 Å². The van der Waals surface area contributed by atoms with Gasteiger partial charge in [-0.15, -0.1) is 0 Å². The maximum Gasteiger partial charge on any atom is 0.185 e. The van der Waals surface area contributed by atoms with E-state index in [2.05, 4.69) is 13.8 Å². The van der Waals surface area contributed by atoms with Gasteiger partial charge in [-0.3, -0.25) is 0 Å². The van der Waals surface area contributed by atoms with Gasteiger partial charge in [0.2, 0.25) is 0 Å². The van der Waals surface area contributed by atoms with Gasteiger partial charge in [-0.2, -0.15) is 0 Å². The normalized spacial score (nSPS) is 34.0. The molecule has 0 N–H and O–H groups in total. The molecule has 0 unspecified atom stereocenters. The topological polar surface area (TPSA) is 9.23 Å². The highest BCUT2D eigenvalue weighted by molar-refractivity contribution is 5.34. The predicted octanol–water partition coefficient (Wildman–Crippen LogP) is 10.8. The molecule has 1 nitrogen and oxygen atoms in total. The van der Waals surface area contributed by atoms with Crippen molar-refractivity contribution in [2.24, 2.45) is 22.7 Å². The molecule has 4 atom stereocenters. The van der Waals surface area contributed by atoms with E-state index in [4.69, 9.17) is 4.74 Å². The molecule has 0 aliphatic heterocycles. The predicted molar refractivity (Wildman–Crippen MR) is 152 cm³/mol. The highest BCUT2D eigenvalue weighted by atomic mass is 19.2. The zero-order valence-electron chi connectivity index (χ0n) is 24.3. The molecular weight excluding hydrogens is 500 g/mol. The van der Waals surface area contributed by atoms with Crippen molar-refractivity contribution >= 4 is 0 Å². The first-order valence-electron chi connectivity index (χ1n) is 15.8. The summed E-state index contributed by atoms with van der Waals surface area (Å²) in [7, 11) is 0. The number of ether oxygens (including phenoxy) is 1. The zero-order chi connectivity index (χ0) is 28.0. The maximum atomic E-state index is 16.3. The minimum absolute atomic E-state index is 0.183. The Balaban J connectivity index is 1.35. The molecule has 0 radical (unpaired) electrons. The van der Waals surface area contributed by atoms with E-state index in [1.807, 2.05) is 0 Å². The Morgan fingerprint density at radius 2 is 1.05 bits per heavy atom. The summed E-state index contributed by atoms with van der Waals surface area (Å²) in [6.07, 6.45) is 23.1. The van der Waals surface area contributed by atoms with Crippen LogP contribution in [0.4, 0.5) is 17.6 Å². The van der Waals surface area contributed by atoms with Crippen LogP contribution in [0.25, 0.3) is 0 Å². The molecular formula is C34H50F4O. The average molecular weight is 551 g/mol. The van der Waals surface area contributed by atoms with Crippen molar-refractivity contribution < 1.29 is 22.3 Å². The highest BCUT2D eigenvalue weighted by Crippen LogP contribution is 2.57. The summed E-state index contributed by atoms with van der Waals surface area (Å²) in [5, 5.41) is 0. The van der Waals surface area contributed by atoms with Crippen molar-refractivity contribution in [2.45, 2.75) is 128 Å². The third-order valence-electron chi connectivity index (χ3n) is 10.4. The number of rotatable bonds is 12. The van der Waals surface area contributed by atoms with E-state index in [-0.39, 0.29) is 25.0 Å². The van der Waals surface area contributed by atoms with Crippen LogP contribution in [0.5, 0.6) is 0 Å². The first kappa shape index (κ1) is 30.6. The van der Waals surface area contributed by atoms with Gasteiger partial charge in [-0.1, -0.05) is 90.2 Å². The molecule has 2 saturated carbocycles. The van der Waals surface area contributed by atoms with Crippen LogP contribution >= 0.6 is 0 Å². The lowest BCUT2D eigenvalue weighted by Crippen LogP contribution is -2.47. The van der Waals surface area contributed by atoms with Gasteiger partial charge in [0, 0.05) is 22.7 Å². The van der Waals surface area contributed by atoms with Gasteiger partial charge in [-0.25, -0.2) is 17.6 Å². The Morgan fingerprint density at radius 1 is 0.667 bits per heavy atom. The van der Waals surface area contributed by atoms with E-state index in [1.54, 1.807) is 12.2 Å². The van der Waals surface area contributed by atoms with Gasteiger partial charge in [0.15, 0.2) is 11.3 Å². The fourth-order valence-corrected chi connectivity index (χ4v) is 7.89. The summed E-state index contributed by atoms with van der Waals surface area (Å²) in [5.41, 5.74) is -5.42. The molecule has 0 bridgehead atoms. The fraction of sp³-hybridized carbons (Fsp3) is 0.765. The lowest BCUT2D eigenvalue weighted by atomic mass is 9.60. The molecule has 4 rings (SSSR count). The van der Waals surface area contributed by atoms with E-state index < -0.39 is 33.8 Å². The summed E-state index contributed by atoms with van der Waals surface area (Å²) in [4.78, 5) is 0. The number of alkyl halides is 2. The fourth-order valence-electron chi connectivity index (χ4n) is 7.89. The summed E-state index contributed by atoms with van der Waals surface area (Å²) in [6, 6.07) is 0. The first-order valence-corrected chi connectivity index (χ1v) is 15.8. The smallest absolute Gasteiger partial charge is 0.185 e. The quantitative estimate of drug-likeness (QED) is 0.173. The van der Waals surface area contributed by atoms with Crippen LogP contribution < -0.4 is 0 Å². The summed E-state index contributed by atoms with van der Waals surface area (Å²) in [6.45, 7) is 4.55. The number of halogens is 4. The number of hydrogen-bond acceptors (Lipinski definition) is 1. The van der Waals surface area contributed by atoms with Gasteiger partial charge >= 0.3 is 0 Å². The molecule has 0 spiro atoms. The molecule has 5 heteroatoms. The maximum absolute atomic E-state index is 16.3. The van der Waals surface area contributed by atoms with Gasteiger partial charge in [0.25, 0.3) is 0 Å². The van der Waals surface area contributed by atoms with Crippen LogP contribution in [-0.4, -0.2) is 24.6 Å². The van der Waals surface area contributed by atoms with E-state index in [9.17, 15) is 0 Å². The van der Waals surface area contributed by atoms with Crippen molar-refractivity contribution in [3.63, 3.8) is 0 Å². The summed E-state index contributed by atoms with van der Waals surface area (Å²) >= 11 is 0. The van der Waals surface area contributed by atoms with E-state index in [0.717, 1.165) is 89.9 Å². The molecule has 0 heterocycles. The standard InChI is InChI=1S/C34H50F4O/c1-3-5-15-31(17-9-7-10-18-31)33(37)21-13-27(23-29(33)35)25-39-26-28-14-22-34(38,30(36)24-28)32(16-6-4-2)19-11-8-12-20-32/h13-14,21-24,27-28H,3-12,15-20,25-26H2,1-2H3/t27-,28-,33-,34-/m1/s1. The molecule has 2 fully saturated rings. The minimum Gasteiger partial charge on any atom is -0.380 e. The van der Waals surface area contributed by atoms with Gasteiger partial charge in [0.1, 0.15) is 11.7 Å². The van der Waals surface area contributed by atoms with Crippen LogP contribution in [0, 0.1) is 22.7 Å². The molecule has 0 amide bonds. The number of hydrogen-bond donors (Lipinski definition) is 0. The largest absolute Gasteiger partial charge is 0.380 e. The van der Waals surface area contributed by atoms with Gasteiger partial charge < -0.3 is 4.74 Å². The van der Waals surface area contributed by atoms with Crippen molar-refractivity contribution in [1.29, 1.82) is 0 Å². The third-order valence-corrected chi connectivity index (χ3v) is 10.4. The molecule has 0 aromatic carbocycles. The number of unbranched alkanes of at least 4 members (excludes halogenated alkanes) is 2. The Labute approximate surface area is 234 Å². The lowest BCUT2D eigenvalue weighted by molar-refractivity contribution is -0.00303. The first-order chi connectivity index (χ1) is 18.7. The molecule has 0 aromatic heterocycles.